The summed E-state index contributed by atoms with van der Waals surface area (Å²) in [5.74, 6) is -18.2. The number of aromatic amines is 1. The van der Waals surface area contributed by atoms with Gasteiger partial charge < -0.3 is 124 Å². The van der Waals surface area contributed by atoms with Crippen molar-refractivity contribution in [1.29, 1.82) is 0 Å². The summed E-state index contributed by atoms with van der Waals surface area (Å²) in [5, 5.41) is 50.8. The van der Waals surface area contributed by atoms with Gasteiger partial charge in [-0.1, -0.05) is 119 Å². The number of nitrogens with zero attached hydrogens (tertiary/aromatic N) is 2. The van der Waals surface area contributed by atoms with E-state index in [1.165, 1.54) is 42.3 Å². The summed E-state index contributed by atoms with van der Waals surface area (Å²) < 4.78 is 0. The van der Waals surface area contributed by atoms with E-state index in [0.29, 0.717) is 40.4 Å². The molecule has 660 valence electrons. The molecule has 6 rings (SSSR count). The fourth-order valence-corrected chi connectivity index (χ4v) is 13.4. The molecule has 122 heavy (non-hydrogen) atoms. The monoisotopic (exact) mass is 1700 g/mol. The summed E-state index contributed by atoms with van der Waals surface area (Å²) in [4.78, 5) is 243. The number of phenolic OH excluding ortho intramolecular Hbond substituents is 1. The van der Waals surface area contributed by atoms with Crippen LogP contribution in [-0.2, 0) is 107 Å². The predicted molar refractivity (Wildman–Crippen MR) is 443 cm³/mol. The lowest BCUT2D eigenvalue weighted by molar-refractivity contribution is -0.141. The van der Waals surface area contributed by atoms with Crippen LogP contribution in [0.4, 0.5) is 0 Å². The second-order valence-corrected chi connectivity index (χ2v) is 30.5. The molecule has 1 aliphatic rings. The van der Waals surface area contributed by atoms with Crippen LogP contribution in [0.25, 0.3) is 10.9 Å². The van der Waals surface area contributed by atoms with Crippen LogP contribution in [0.5, 0.6) is 5.75 Å². The lowest BCUT2D eigenvalue weighted by atomic mass is 10.0. The summed E-state index contributed by atoms with van der Waals surface area (Å²) in [6.45, 7) is 6.71. The van der Waals surface area contributed by atoms with Crippen LogP contribution in [0.2, 0.25) is 0 Å². The number of carbonyl (C=O) groups excluding carboxylic acids is 17. The van der Waals surface area contributed by atoms with Crippen molar-refractivity contribution in [1.82, 2.24) is 73.7 Å². The predicted octanol–water partition coefficient (Wildman–Crippen LogP) is -5.82. The van der Waals surface area contributed by atoms with Gasteiger partial charge in [-0.25, -0.2) is 0 Å². The van der Waals surface area contributed by atoms with Crippen molar-refractivity contribution >= 4 is 117 Å². The third-order valence-corrected chi connectivity index (χ3v) is 19.5. The zero-order chi connectivity index (χ0) is 90.0. The number of aromatic hydroxyl groups is 1. The van der Waals surface area contributed by atoms with Crippen LogP contribution in [0.1, 0.15) is 115 Å². The highest BCUT2D eigenvalue weighted by Gasteiger charge is 2.41. The molecular weight excluding hydrogens is 1590 g/mol. The first kappa shape index (κ1) is 97.2. The minimum atomic E-state index is -2.03. The number of fused-ring (bicyclic) bond motifs is 1. The highest BCUT2D eigenvalue weighted by Crippen LogP contribution is 2.23. The number of aliphatic imine (C=N–C) groups is 1. The number of primary amides is 4. The molecule has 0 spiro atoms. The van der Waals surface area contributed by atoms with Crippen molar-refractivity contribution in [2.45, 2.75) is 197 Å². The van der Waals surface area contributed by atoms with Crippen molar-refractivity contribution in [2.75, 3.05) is 26.2 Å². The Morgan fingerprint density at radius 3 is 1.41 bits per heavy atom. The molecule has 41 heteroatoms. The quantitative estimate of drug-likeness (QED) is 0.00980. The number of nitrogens with one attached hydrogen (secondary N) is 13. The van der Waals surface area contributed by atoms with Gasteiger partial charge in [-0.2, -0.15) is 0 Å². The van der Waals surface area contributed by atoms with Gasteiger partial charge >= 0.3 is 0 Å². The Kier molecular flexibility index (Phi) is 38.1. The number of amides is 17. The van der Waals surface area contributed by atoms with E-state index in [1.54, 1.807) is 98.8 Å². The molecule has 29 N–H and O–H groups in total. The van der Waals surface area contributed by atoms with E-state index in [4.69, 9.17) is 40.1 Å². The summed E-state index contributed by atoms with van der Waals surface area (Å²) >= 11 is 0. The second-order valence-electron chi connectivity index (χ2n) is 30.5. The topological polar surface area (TPSA) is 689 Å². The highest BCUT2D eigenvalue weighted by molar-refractivity contribution is 6.02. The number of nitrogens with two attached hydrogens (primary N) is 7. The van der Waals surface area contributed by atoms with Gasteiger partial charge in [-0.15, -0.1) is 0 Å². The molecule has 41 nitrogen and oxygen atoms in total. The van der Waals surface area contributed by atoms with Gasteiger partial charge in [0.05, 0.1) is 38.5 Å². The van der Waals surface area contributed by atoms with Gasteiger partial charge in [-0.05, 0) is 97.7 Å². The molecular formula is C81H112N22O19. The van der Waals surface area contributed by atoms with Gasteiger partial charge in [0.1, 0.15) is 78.3 Å². The van der Waals surface area contributed by atoms with Crippen LogP contribution in [-0.4, -0.2) is 231 Å². The van der Waals surface area contributed by atoms with Crippen molar-refractivity contribution < 1.29 is 91.7 Å². The van der Waals surface area contributed by atoms with Crippen LogP contribution < -0.4 is 104 Å². The zero-order valence-electron chi connectivity index (χ0n) is 68.4. The molecule has 0 radical (unpaired) electrons. The molecule has 1 saturated heterocycles. The fourth-order valence-electron chi connectivity index (χ4n) is 13.4. The number of phenols is 1. The normalized spacial score (nSPS) is 15.3. The molecule has 0 aliphatic carbocycles. The average Bonchev–Trinajstić information content (AvgIpc) is 1.65. The highest BCUT2D eigenvalue weighted by atomic mass is 16.3. The maximum absolute atomic E-state index is 14.9. The third kappa shape index (κ3) is 31.9. The standard InChI is InChI=1S/C81H112N22O19/c1-42(2)30-51(82)80(122)103-29-15-23-63(103)79(121)101-61(38-66(85)108)76(118)97-57(34-47-24-26-49(105)27-25-47)73(115)99-59(36-64(83)106)75(117)98-58(35-48-39-90-52-21-13-12-20-50(48)52)74(116)100-60(37-65(84)107)77(119)102-62(41-104)78(120)96-56(33-46-18-10-7-11-19-46)70(112)91-40-67(109)92-44(5)69(111)95-55(31-43(3)4)72(114)93-53(22-14-28-89-81(87)88)71(113)94-54(68(86)110)32-45-16-8-6-9-17-45/h6-13,16-21,24-27,39,42-44,51,53-63,90,104-105H,14-15,22-23,28-38,40-41,82H2,1-5H3,(H2,83,106)(H2,84,107)(H2,85,108)(H2,86,110)(H,91,112)(H,92,109)(H,93,114)(H,94,113)(H,95,111)(H,96,120)(H,97,118)(H,98,117)(H,99,115)(H,100,116)(H,101,121)(H,102,119)(H4,87,88,89)/t44-,51-,53-,54-,55-,56-,57-,58-,59-,60-,61-,62-,63-/m0/s1. The Balaban J connectivity index is 1.17. The first-order chi connectivity index (χ1) is 57.8. The minimum absolute atomic E-state index is 0.0275. The maximum atomic E-state index is 14.9. The Bertz CT molecular complexity index is 4550. The van der Waals surface area contributed by atoms with E-state index in [9.17, 15) is 91.7 Å². The molecule has 13 atom stereocenters. The molecule has 2 heterocycles. The smallest absolute Gasteiger partial charge is 0.245 e. The van der Waals surface area contributed by atoms with Crippen molar-refractivity contribution in [3.63, 3.8) is 0 Å². The number of carbonyl (C=O) groups is 17. The van der Waals surface area contributed by atoms with Gasteiger partial charge in [0.15, 0.2) is 5.96 Å². The van der Waals surface area contributed by atoms with E-state index >= 15 is 0 Å². The van der Waals surface area contributed by atoms with E-state index in [1.807, 2.05) is 13.8 Å². The SMILES string of the molecule is CC(C)C[C@H](NC(=O)[C@H](C)NC(=O)CNC(=O)[C@H](Cc1ccccc1)NC(=O)[C@H](CO)NC(=O)[C@H](CC(N)=O)NC(=O)[C@H](Cc1c[nH]c2ccccc12)NC(=O)[C@H](CC(N)=O)NC(=O)[C@H](Cc1ccc(O)cc1)NC(=O)[C@H](CC(N)=O)NC(=O)[C@@H]1CCCN1C(=O)[C@@H](N)CC(C)C)C(=O)N[C@@H](CCCN=C(N)N)C(=O)N[C@@H](Cc1ccccc1)C(N)=O. The van der Waals surface area contributed by atoms with Crippen LogP contribution in [0.3, 0.4) is 0 Å². The second kappa shape index (κ2) is 47.9. The molecule has 0 bridgehead atoms. The van der Waals surface area contributed by atoms with Gasteiger partial charge in [0, 0.05) is 55.9 Å². The Hall–Kier alpha value is -13.6. The molecule has 17 amide bonds. The summed E-state index contributed by atoms with van der Waals surface area (Å²) in [6.07, 6.45) is -1.45. The number of H-pyrrole nitrogens is 1. The lowest BCUT2D eigenvalue weighted by Gasteiger charge is -2.29. The van der Waals surface area contributed by atoms with Crippen molar-refractivity contribution in [2.24, 2.45) is 57.0 Å². The van der Waals surface area contributed by atoms with Crippen LogP contribution in [0, 0.1) is 11.8 Å². The third-order valence-electron chi connectivity index (χ3n) is 19.5. The number of hydrogen-bond donors (Lipinski definition) is 22. The average molecular weight is 1700 g/mol. The molecule has 4 aromatic carbocycles. The van der Waals surface area contributed by atoms with Crippen molar-refractivity contribution in [3.8, 4) is 5.75 Å². The molecule has 1 fully saturated rings. The summed E-state index contributed by atoms with van der Waals surface area (Å²) in [5.41, 5.74) is 42.0. The Morgan fingerprint density at radius 2 is 0.893 bits per heavy atom. The molecule has 0 saturated carbocycles. The molecule has 0 unspecified atom stereocenters. The number of guanidine groups is 1. The van der Waals surface area contributed by atoms with Gasteiger partial charge in [0.25, 0.3) is 0 Å². The minimum Gasteiger partial charge on any atom is -0.508 e. The van der Waals surface area contributed by atoms with E-state index in [-0.39, 0.29) is 80.7 Å². The van der Waals surface area contributed by atoms with Crippen LogP contribution in [0.15, 0.2) is 120 Å². The van der Waals surface area contributed by atoms with Crippen molar-refractivity contribution in [3.05, 3.63) is 138 Å². The van der Waals surface area contributed by atoms with E-state index in [0.717, 1.165) is 0 Å². The molecule has 1 aromatic heterocycles. The number of aromatic nitrogens is 1. The van der Waals surface area contributed by atoms with Gasteiger partial charge in [0.2, 0.25) is 100 Å². The fraction of sp³-hybridized carbons (Fsp3) is 0.457. The number of hydrogen-bond acceptors (Lipinski definition) is 21. The van der Waals surface area contributed by atoms with Gasteiger partial charge in [-0.3, -0.25) is 86.5 Å². The van der Waals surface area contributed by atoms with Crippen LogP contribution >= 0.6 is 0 Å². The number of rotatable bonds is 49. The first-order valence-electron chi connectivity index (χ1n) is 39.7. The Labute approximate surface area is 703 Å². The maximum Gasteiger partial charge on any atom is 0.245 e. The zero-order valence-corrected chi connectivity index (χ0v) is 68.4. The number of benzene rings is 4. The van der Waals surface area contributed by atoms with E-state index < -0.39 is 224 Å². The Morgan fingerprint density at radius 1 is 0.467 bits per heavy atom. The number of aliphatic hydroxyl groups excluding tert-OH is 1. The molecule has 5 aromatic rings. The number of likely N-dealkylation sites (tertiary alicyclic amines) is 1. The lowest BCUT2D eigenvalue weighted by Crippen LogP contribution is -2.62. The summed E-state index contributed by atoms with van der Waals surface area (Å²) in [7, 11) is 0. The number of aliphatic hydroxyl groups is 1. The first-order valence-corrected chi connectivity index (χ1v) is 39.7. The van der Waals surface area contributed by atoms with E-state index in [2.05, 4.69) is 73.8 Å². The largest absolute Gasteiger partial charge is 0.508 e. The number of para-hydroxylation sites is 1. The summed E-state index contributed by atoms with van der Waals surface area (Å²) in [6, 6.07) is 8.48. The molecule has 1 aliphatic heterocycles.